The van der Waals surface area contributed by atoms with Crippen molar-refractivity contribution in [2.75, 3.05) is 38.2 Å². The molecule has 10 heteroatoms. The van der Waals surface area contributed by atoms with Gasteiger partial charge in [0.15, 0.2) is 0 Å². The van der Waals surface area contributed by atoms with Crippen LogP contribution < -0.4 is 5.32 Å². The molecule has 0 saturated carbocycles. The van der Waals surface area contributed by atoms with Crippen LogP contribution in [0.5, 0.6) is 0 Å². The number of rotatable bonds is 8. The largest absolute Gasteiger partial charge is 0.380 e. The van der Waals surface area contributed by atoms with Crippen LogP contribution in [0.1, 0.15) is 43.1 Å². The molecule has 0 unspecified atom stereocenters. The zero-order valence-electron chi connectivity index (χ0n) is 20.7. The number of hydrogen-bond donors (Lipinski definition) is 2. The molecule has 0 bridgehead atoms. The zero-order chi connectivity index (χ0) is 26.5. The van der Waals surface area contributed by atoms with Gasteiger partial charge in [-0.3, -0.25) is 14.2 Å². The summed E-state index contributed by atoms with van der Waals surface area (Å²) >= 11 is 0. The lowest BCUT2D eigenvalue weighted by Crippen LogP contribution is -2.54. The van der Waals surface area contributed by atoms with E-state index in [0.29, 0.717) is 48.2 Å². The third-order valence-corrected chi connectivity index (χ3v) is 7.33. The molecule has 3 aromatic rings. The number of nitrogens with one attached hydrogen (secondary N) is 2. The smallest absolute Gasteiger partial charge is 0.257 e. The van der Waals surface area contributed by atoms with Crippen molar-refractivity contribution in [2.24, 2.45) is 0 Å². The van der Waals surface area contributed by atoms with Gasteiger partial charge in [0.05, 0.1) is 25.3 Å². The summed E-state index contributed by atoms with van der Waals surface area (Å²) in [5.74, 6) is -5.33. The second kappa shape index (κ2) is 9.87. The number of fused-ring (bicyclic) bond motifs is 3. The van der Waals surface area contributed by atoms with Crippen LogP contribution in [0.4, 0.5) is 32.0 Å². The summed E-state index contributed by atoms with van der Waals surface area (Å²) in [6, 6.07) is 5.10. The SMILES string of the molecule is C[C@@H]1Cc2c([nH]c3cccc(F)c23)[C@@H](c2c(F)cc(NC3CN(CCCF)C3)cc2F)N1CC(C)(F)F. The summed E-state index contributed by atoms with van der Waals surface area (Å²) in [7, 11) is 0. The van der Waals surface area contributed by atoms with Crippen molar-refractivity contribution in [3.05, 3.63) is 64.6 Å². The van der Waals surface area contributed by atoms with E-state index in [2.05, 4.69) is 10.3 Å². The molecule has 0 amide bonds. The average molecular weight is 525 g/mol. The predicted octanol–water partition coefficient (Wildman–Crippen LogP) is 6.03. The van der Waals surface area contributed by atoms with Crippen molar-refractivity contribution in [1.82, 2.24) is 14.8 Å². The molecule has 200 valence electrons. The third-order valence-electron chi connectivity index (χ3n) is 7.33. The molecular formula is C27H30F6N4. The molecule has 2 N–H and O–H groups in total. The van der Waals surface area contributed by atoms with E-state index in [4.69, 9.17) is 0 Å². The zero-order valence-corrected chi connectivity index (χ0v) is 20.7. The van der Waals surface area contributed by atoms with E-state index in [1.807, 2.05) is 4.90 Å². The highest BCUT2D eigenvalue weighted by atomic mass is 19.3. The fraction of sp³-hybridized carbons (Fsp3) is 0.481. The lowest BCUT2D eigenvalue weighted by atomic mass is 9.87. The molecule has 4 nitrogen and oxygen atoms in total. The predicted molar refractivity (Wildman–Crippen MR) is 131 cm³/mol. The molecule has 2 aliphatic rings. The van der Waals surface area contributed by atoms with Gasteiger partial charge < -0.3 is 10.3 Å². The number of benzene rings is 2. The van der Waals surface area contributed by atoms with E-state index in [9.17, 15) is 17.6 Å². The monoisotopic (exact) mass is 524 g/mol. The Hall–Kier alpha value is -2.72. The van der Waals surface area contributed by atoms with E-state index in [1.165, 1.54) is 29.2 Å². The van der Waals surface area contributed by atoms with Gasteiger partial charge >= 0.3 is 0 Å². The van der Waals surface area contributed by atoms with Crippen LogP contribution >= 0.6 is 0 Å². The fourth-order valence-corrected chi connectivity index (χ4v) is 5.74. The van der Waals surface area contributed by atoms with Gasteiger partial charge in [0.2, 0.25) is 0 Å². The van der Waals surface area contributed by atoms with Crippen molar-refractivity contribution < 1.29 is 26.3 Å². The Morgan fingerprint density at radius 2 is 1.78 bits per heavy atom. The van der Waals surface area contributed by atoms with Gasteiger partial charge in [-0.2, -0.15) is 0 Å². The Morgan fingerprint density at radius 3 is 2.43 bits per heavy atom. The van der Waals surface area contributed by atoms with E-state index in [-0.39, 0.29) is 23.7 Å². The molecule has 2 aliphatic heterocycles. The molecular weight excluding hydrogens is 494 g/mol. The number of hydrogen-bond acceptors (Lipinski definition) is 3. The molecule has 2 aromatic carbocycles. The average Bonchev–Trinajstić information content (AvgIpc) is 3.15. The Bertz CT molecular complexity index is 1260. The maximum absolute atomic E-state index is 15.6. The van der Waals surface area contributed by atoms with Crippen molar-refractivity contribution in [2.45, 2.75) is 50.7 Å². The summed E-state index contributed by atoms with van der Waals surface area (Å²) in [4.78, 5) is 6.51. The summed E-state index contributed by atoms with van der Waals surface area (Å²) in [6.45, 7) is 3.26. The quantitative estimate of drug-likeness (QED) is 0.353. The van der Waals surface area contributed by atoms with Crippen LogP contribution in [0.3, 0.4) is 0 Å². The fourth-order valence-electron chi connectivity index (χ4n) is 5.74. The molecule has 0 radical (unpaired) electrons. The van der Waals surface area contributed by atoms with Gasteiger partial charge in [-0.25, -0.2) is 22.0 Å². The Balaban J connectivity index is 1.52. The molecule has 1 saturated heterocycles. The standard InChI is InChI=1S/C27H30F6N4/c1-15-9-18-23-19(29)5-3-6-22(23)35-25(18)26(37(15)14-27(2,32)33)24-20(30)10-16(11-21(24)31)34-17-12-36(13-17)8-4-7-28/h3,5-6,10-11,15,17,26,34-35H,4,7-9,12-14H2,1-2H3/t15-,26-/m1/s1. The number of nitrogens with zero attached hydrogens (tertiary/aromatic N) is 2. The van der Waals surface area contributed by atoms with Crippen LogP contribution in [-0.2, 0) is 6.42 Å². The molecule has 3 heterocycles. The van der Waals surface area contributed by atoms with Crippen LogP contribution in [0.25, 0.3) is 10.9 Å². The summed E-state index contributed by atoms with van der Waals surface area (Å²) < 4.78 is 86.9. The first kappa shape index (κ1) is 25.9. The van der Waals surface area contributed by atoms with E-state index < -0.39 is 48.7 Å². The number of aromatic amines is 1. The van der Waals surface area contributed by atoms with Crippen LogP contribution in [0.15, 0.2) is 30.3 Å². The second-order valence-corrected chi connectivity index (χ2v) is 10.4. The topological polar surface area (TPSA) is 34.3 Å². The van der Waals surface area contributed by atoms with Gasteiger partial charge in [0, 0.05) is 60.4 Å². The van der Waals surface area contributed by atoms with Gasteiger partial charge in [0.25, 0.3) is 5.92 Å². The Labute approximate surface area is 211 Å². The third kappa shape index (κ3) is 5.05. The van der Waals surface area contributed by atoms with Crippen LogP contribution in [0, 0.1) is 17.5 Å². The first-order valence-electron chi connectivity index (χ1n) is 12.5. The van der Waals surface area contributed by atoms with Gasteiger partial charge in [-0.15, -0.1) is 0 Å². The molecule has 2 atom stereocenters. The van der Waals surface area contributed by atoms with Crippen molar-refractivity contribution >= 4 is 16.6 Å². The van der Waals surface area contributed by atoms with Crippen molar-refractivity contribution in [1.29, 1.82) is 0 Å². The molecule has 0 spiro atoms. The van der Waals surface area contributed by atoms with Crippen LogP contribution in [-0.4, -0.2) is 65.6 Å². The van der Waals surface area contributed by atoms with E-state index in [0.717, 1.165) is 6.92 Å². The summed E-state index contributed by atoms with van der Waals surface area (Å²) in [6.07, 6.45) is 0.698. The minimum atomic E-state index is -3.12. The minimum Gasteiger partial charge on any atom is -0.380 e. The van der Waals surface area contributed by atoms with E-state index in [1.54, 1.807) is 13.0 Å². The number of halogens is 6. The molecule has 37 heavy (non-hydrogen) atoms. The molecule has 1 fully saturated rings. The molecule has 0 aliphatic carbocycles. The van der Waals surface area contributed by atoms with Crippen molar-refractivity contribution in [3.63, 3.8) is 0 Å². The lowest BCUT2D eigenvalue weighted by molar-refractivity contribution is -0.0374. The Kier molecular flexibility index (Phi) is 6.91. The lowest BCUT2D eigenvalue weighted by Gasteiger charge is -2.42. The first-order chi connectivity index (χ1) is 17.6. The highest BCUT2D eigenvalue weighted by Gasteiger charge is 2.42. The maximum atomic E-state index is 15.6. The summed E-state index contributed by atoms with van der Waals surface area (Å²) in [5.41, 5.74) is 1.21. The minimum absolute atomic E-state index is 0.0301. The number of likely N-dealkylation sites (tertiary alicyclic amines) is 1. The molecule has 5 rings (SSSR count). The first-order valence-corrected chi connectivity index (χ1v) is 12.5. The Morgan fingerprint density at radius 1 is 1.08 bits per heavy atom. The highest BCUT2D eigenvalue weighted by molar-refractivity contribution is 5.86. The van der Waals surface area contributed by atoms with Gasteiger partial charge in [0.1, 0.15) is 17.5 Å². The second-order valence-electron chi connectivity index (χ2n) is 10.4. The van der Waals surface area contributed by atoms with Gasteiger partial charge in [-0.1, -0.05) is 6.07 Å². The summed E-state index contributed by atoms with van der Waals surface area (Å²) in [5, 5.41) is 3.41. The number of alkyl halides is 3. The van der Waals surface area contributed by atoms with Crippen molar-refractivity contribution in [3.8, 4) is 0 Å². The number of H-pyrrole nitrogens is 1. The van der Waals surface area contributed by atoms with Crippen LogP contribution in [0.2, 0.25) is 0 Å². The number of anilines is 1. The normalized spacial score (nSPS) is 21.3. The maximum Gasteiger partial charge on any atom is 0.257 e. The van der Waals surface area contributed by atoms with Gasteiger partial charge in [-0.05, 0) is 49.6 Å². The van der Waals surface area contributed by atoms with E-state index >= 15 is 8.78 Å². The molecule has 1 aromatic heterocycles. The highest BCUT2D eigenvalue weighted by Crippen LogP contribution is 2.44. The number of aromatic nitrogens is 1.